The number of hydrogen-bond acceptors (Lipinski definition) is 3. The van der Waals surface area contributed by atoms with E-state index < -0.39 is 5.60 Å². The lowest BCUT2D eigenvalue weighted by Crippen LogP contribution is -2.68. The van der Waals surface area contributed by atoms with Gasteiger partial charge in [0, 0.05) is 17.6 Å². The van der Waals surface area contributed by atoms with E-state index in [-0.39, 0.29) is 29.9 Å². The van der Waals surface area contributed by atoms with Gasteiger partial charge in [-0.05, 0) is 38.3 Å². The molecule has 0 aromatic heterocycles. The third-order valence-corrected chi connectivity index (χ3v) is 5.83. The van der Waals surface area contributed by atoms with Crippen molar-refractivity contribution in [1.29, 1.82) is 0 Å². The number of hydrogen-bond donors (Lipinski definition) is 0. The van der Waals surface area contributed by atoms with Crippen LogP contribution in [0.1, 0.15) is 33.1 Å². The molecule has 1 aliphatic carbocycles. The van der Waals surface area contributed by atoms with Gasteiger partial charge in [-0.15, -0.1) is 0 Å². The van der Waals surface area contributed by atoms with Crippen LogP contribution in [0.5, 0.6) is 0 Å². The molecule has 24 heavy (non-hydrogen) atoms. The lowest BCUT2D eigenvalue weighted by atomic mass is 9.85. The number of anilines is 1. The zero-order chi connectivity index (χ0) is 16.9. The molecule has 4 rings (SSSR count). The molecule has 1 aromatic rings. The number of para-hydroxylation sites is 1. The Morgan fingerprint density at radius 3 is 2.58 bits per heavy atom. The van der Waals surface area contributed by atoms with E-state index in [0.29, 0.717) is 13.1 Å². The van der Waals surface area contributed by atoms with Crippen molar-refractivity contribution in [2.75, 3.05) is 24.6 Å². The van der Waals surface area contributed by atoms with Gasteiger partial charge in [0.25, 0.3) is 5.91 Å². The first kappa shape index (κ1) is 15.6. The third kappa shape index (κ3) is 2.42. The van der Waals surface area contributed by atoms with E-state index in [0.717, 1.165) is 24.9 Å². The SMILES string of the molecule is CC1(C(=O)N2CC[C@H]3N(c4ccccc4)C(=O)CO[C@]3(C)C2)CC1. The number of rotatable bonds is 2. The van der Waals surface area contributed by atoms with Crippen molar-refractivity contribution in [3.05, 3.63) is 30.3 Å². The maximum Gasteiger partial charge on any atom is 0.253 e. The summed E-state index contributed by atoms with van der Waals surface area (Å²) >= 11 is 0. The summed E-state index contributed by atoms with van der Waals surface area (Å²) in [6.45, 7) is 5.40. The molecule has 2 aliphatic heterocycles. The number of nitrogens with zero attached hydrogens (tertiary/aromatic N) is 2. The van der Waals surface area contributed by atoms with Crippen molar-refractivity contribution < 1.29 is 14.3 Å². The summed E-state index contributed by atoms with van der Waals surface area (Å²) in [5.41, 5.74) is 0.242. The van der Waals surface area contributed by atoms with Crippen LogP contribution in [0, 0.1) is 5.41 Å². The standard InChI is InChI=1S/C19H24N2O3/c1-18(9-10-18)17(23)20-11-8-15-19(2,13-20)24-12-16(22)21(15)14-6-4-3-5-7-14/h3-7,15H,8-13H2,1-2H3/t15-,19-/m1/s1. The van der Waals surface area contributed by atoms with Crippen LogP contribution in [0.3, 0.4) is 0 Å². The van der Waals surface area contributed by atoms with Gasteiger partial charge in [0.15, 0.2) is 0 Å². The summed E-state index contributed by atoms with van der Waals surface area (Å²) in [7, 11) is 0. The second-order valence-electron chi connectivity index (χ2n) is 7.79. The minimum absolute atomic E-state index is 0.00222. The van der Waals surface area contributed by atoms with Crippen LogP contribution in [0.25, 0.3) is 0 Å². The summed E-state index contributed by atoms with van der Waals surface area (Å²) in [4.78, 5) is 29.0. The Hall–Kier alpha value is -1.88. The van der Waals surface area contributed by atoms with E-state index in [4.69, 9.17) is 4.74 Å². The Bertz CT molecular complexity index is 670. The zero-order valence-electron chi connectivity index (χ0n) is 14.3. The molecule has 1 saturated carbocycles. The minimum Gasteiger partial charge on any atom is -0.361 e. The average molecular weight is 328 g/mol. The number of likely N-dealkylation sites (tertiary alicyclic amines) is 1. The average Bonchev–Trinajstić information content (AvgIpc) is 3.34. The van der Waals surface area contributed by atoms with Crippen molar-refractivity contribution in [3.8, 4) is 0 Å². The number of ether oxygens (including phenoxy) is 1. The first-order valence-corrected chi connectivity index (χ1v) is 8.73. The fourth-order valence-electron chi connectivity index (χ4n) is 4.03. The van der Waals surface area contributed by atoms with Crippen molar-refractivity contribution in [3.63, 3.8) is 0 Å². The quantitative estimate of drug-likeness (QED) is 0.836. The summed E-state index contributed by atoms with van der Waals surface area (Å²) in [6, 6.07) is 9.74. The smallest absolute Gasteiger partial charge is 0.253 e. The van der Waals surface area contributed by atoms with Crippen molar-refractivity contribution in [2.24, 2.45) is 5.41 Å². The van der Waals surface area contributed by atoms with E-state index in [1.54, 1.807) is 0 Å². The minimum atomic E-state index is -0.511. The van der Waals surface area contributed by atoms with Gasteiger partial charge in [-0.3, -0.25) is 9.59 Å². The lowest BCUT2D eigenvalue weighted by Gasteiger charge is -2.53. The third-order valence-electron chi connectivity index (χ3n) is 5.83. The highest BCUT2D eigenvalue weighted by Gasteiger charge is 2.54. The molecule has 0 radical (unpaired) electrons. The highest BCUT2D eigenvalue weighted by atomic mass is 16.5. The maximum atomic E-state index is 12.7. The molecule has 3 aliphatic rings. The second-order valence-corrected chi connectivity index (χ2v) is 7.79. The highest BCUT2D eigenvalue weighted by molar-refractivity contribution is 5.96. The summed E-state index contributed by atoms with van der Waals surface area (Å²) in [6.07, 6.45) is 2.72. The Morgan fingerprint density at radius 1 is 1.21 bits per heavy atom. The van der Waals surface area contributed by atoms with Crippen molar-refractivity contribution in [1.82, 2.24) is 4.90 Å². The van der Waals surface area contributed by atoms with Gasteiger partial charge in [0.05, 0.1) is 12.6 Å². The number of fused-ring (bicyclic) bond motifs is 1. The normalized spacial score (nSPS) is 31.6. The number of piperidine rings is 1. The van der Waals surface area contributed by atoms with Gasteiger partial charge >= 0.3 is 0 Å². The number of carbonyl (C=O) groups is 2. The van der Waals surface area contributed by atoms with Crippen molar-refractivity contribution in [2.45, 2.75) is 44.8 Å². The fourth-order valence-corrected chi connectivity index (χ4v) is 4.03. The molecule has 0 unspecified atom stereocenters. The van der Waals surface area contributed by atoms with Gasteiger partial charge in [-0.2, -0.15) is 0 Å². The Labute approximate surface area is 142 Å². The van der Waals surface area contributed by atoms with Gasteiger partial charge in [-0.1, -0.05) is 25.1 Å². The molecule has 3 fully saturated rings. The topological polar surface area (TPSA) is 49.9 Å². The van der Waals surface area contributed by atoms with Gasteiger partial charge < -0.3 is 14.5 Å². The molecule has 5 nitrogen and oxygen atoms in total. The molecular weight excluding hydrogens is 304 g/mol. The molecule has 2 saturated heterocycles. The molecule has 2 atom stereocenters. The summed E-state index contributed by atoms with van der Waals surface area (Å²) in [5, 5.41) is 0. The van der Waals surface area contributed by atoms with E-state index >= 15 is 0 Å². The first-order valence-electron chi connectivity index (χ1n) is 8.73. The van der Waals surface area contributed by atoms with Crippen LogP contribution < -0.4 is 4.90 Å². The lowest BCUT2D eigenvalue weighted by molar-refractivity contribution is -0.160. The first-order chi connectivity index (χ1) is 11.4. The van der Waals surface area contributed by atoms with Gasteiger partial charge in [0.2, 0.25) is 5.91 Å². The van der Waals surface area contributed by atoms with Crippen LogP contribution in [-0.2, 0) is 14.3 Å². The second kappa shape index (κ2) is 5.31. The molecule has 5 heteroatoms. The molecule has 0 spiro atoms. The Balaban J connectivity index is 1.59. The summed E-state index contributed by atoms with van der Waals surface area (Å²) < 4.78 is 5.96. The van der Waals surface area contributed by atoms with Crippen LogP contribution in [0.15, 0.2) is 30.3 Å². The molecule has 128 valence electrons. The van der Waals surface area contributed by atoms with Gasteiger partial charge in [0.1, 0.15) is 12.2 Å². The largest absolute Gasteiger partial charge is 0.361 e. The van der Waals surface area contributed by atoms with Crippen LogP contribution in [0.2, 0.25) is 0 Å². The molecule has 0 bridgehead atoms. The molecular formula is C19H24N2O3. The highest BCUT2D eigenvalue weighted by Crippen LogP contribution is 2.47. The van der Waals surface area contributed by atoms with Crippen LogP contribution in [0.4, 0.5) is 5.69 Å². The molecule has 0 N–H and O–H groups in total. The molecule has 1 aromatic carbocycles. The van der Waals surface area contributed by atoms with Gasteiger partial charge in [-0.25, -0.2) is 0 Å². The maximum absolute atomic E-state index is 12.7. The zero-order valence-corrected chi connectivity index (χ0v) is 14.3. The Kier molecular flexibility index (Phi) is 3.46. The van der Waals surface area contributed by atoms with Crippen LogP contribution >= 0.6 is 0 Å². The number of benzene rings is 1. The molecule has 2 heterocycles. The number of amides is 2. The molecule has 2 amide bonds. The van der Waals surface area contributed by atoms with E-state index in [2.05, 4.69) is 0 Å². The predicted molar refractivity (Wildman–Crippen MR) is 90.6 cm³/mol. The van der Waals surface area contributed by atoms with Crippen LogP contribution in [-0.4, -0.2) is 48.1 Å². The fraction of sp³-hybridized carbons (Fsp3) is 0.579. The predicted octanol–water partition coefficient (Wildman–Crippen LogP) is 2.21. The number of carbonyl (C=O) groups excluding carboxylic acids is 2. The Morgan fingerprint density at radius 2 is 1.92 bits per heavy atom. The monoisotopic (exact) mass is 328 g/mol. The number of morpholine rings is 1. The van der Waals surface area contributed by atoms with E-state index in [9.17, 15) is 9.59 Å². The van der Waals surface area contributed by atoms with E-state index in [1.165, 1.54) is 0 Å². The van der Waals surface area contributed by atoms with E-state index in [1.807, 2.05) is 54.0 Å². The van der Waals surface area contributed by atoms with Crippen molar-refractivity contribution >= 4 is 17.5 Å². The summed E-state index contributed by atoms with van der Waals surface area (Å²) in [5.74, 6) is 0.242.